The normalized spacial score (nSPS) is 14.8. The van der Waals surface area contributed by atoms with Crippen LogP contribution < -0.4 is 0 Å². The predicted octanol–water partition coefficient (Wildman–Crippen LogP) is 5.27. The van der Waals surface area contributed by atoms with Crippen LogP contribution in [0.3, 0.4) is 0 Å². The molecule has 0 spiro atoms. The quantitative estimate of drug-likeness (QED) is 0.643. The molecule has 4 heteroatoms. The summed E-state index contributed by atoms with van der Waals surface area (Å²) in [5.74, 6) is 1.81. The van der Waals surface area contributed by atoms with Gasteiger partial charge in [-0.3, -0.25) is 0 Å². The lowest BCUT2D eigenvalue weighted by molar-refractivity contribution is 0.747. The molecule has 0 unspecified atom stereocenters. The van der Waals surface area contributed by atoms with Crippen molar-refractivity contribution < 1.29 is 0 Å². The van der Waals surface area contributed by atoms with E-state index in [1.807, 2.05) is 24.3 Å². The summed E-state index contributed by atoms with van der Waals surface area (Å²) in [5.41, 5.74) is 3.40. The molecule has 2 aromatic carbocycles. The Hall–Kier alpha value is -1.51. The van der Waals surface area contributed by atoms with Crippen LogP contribution in [0.5, 0.6) is 0 Å². The molecule has 1 saturated carbocycles. The molecule has 3 aromatic rings. The van der Waals surface area contributed by atoms with Crippen molar-refractivity contribution in [1.82, 2.24) is 9.55 Å². The molecule has 1 aromatic heterocycles. The third-order valence-electron chi connectivity index (χ3n) is 3.95. The molecule has 0 bridgehead atoms. The van der Waals surface area contributed by atoms with Gasteiger partial charge in [0.2, 0.25) is 0 Å². The van der Waals surface area contributed by atoms with Crippen molar-refractivity contribution in [2.45, 2.75) is 25.3 Å². The molecule has 1 aliphatic carbocycles. The highest BCUT2D eigenvalue weighted by Crippen LogP contribution is 2.41. The first-order valence-electron chi connectivity index (χ1n) is 7.11. The second kappa shape index (κ2) is 5.04. The zero-order valence-corrected chi connectivity index (χ0v) is 12.9. The van der Waals surface area contributed by atoms with Gasteiger partial charge in [-0.05, 0) is 42.7 Å². The van der Waals surface area contributed by atoms with E-state index >= 15 is 0 Å². The van der Waals surface area contributed by atoms with Crippen molar-refractivity contribution in [3.05, 3.63) is 63.9 Å². The van der Waals surface area contributed by atoms with Gasteiger partial charge in [0.05, 0.1) is 21.1 Å². The third kappa shape index (κ3) is 2.43. The Balaban J connectivity index is 1.81. The number of hydrogen-bond donors (Lipinski definition) is 0. The molecule has 0 atom stereocenters. The summed E-state index contributed by atoms with van der Waals surface area (Å²) in [5, 5.41) is 1.20. The third-order valence-corrected chi connectivity index (χ3v) is 4.69. The smallest absolute Gasteiger partial charge is 0.113 e. The molecule has 1 fully saturated rings. The van der Waals surface area contributed by atoms with Gasteiger partial charge in [-0.15, -0.1) is 0 Å². The zero-order valence-electron chi connectivity index (χ0n) is 11.4. The molecular weight excluding hydrogens is 303 g/mol. The Morgan fingerprint density at radius 3 is 2.62 bits per heavy atom. The Morgan fingerprint density at radius 2 is 1.86 bits per heavy atom. The van der Waals surface area contributed by atoms with Crippen LogP contribution in [0.4, 0.5) is 0 Å². The Kier molecular flexibility index (Phi) is 3.16. The van der Waals surface area contributed by atoms with Crippen LogP contribution in [0.1, 0.15) is 30.1 Å². The Bertz CT molecular complexity index is 819. The number of aromatic nitrogens is 2. The van der Waals surface area contributed by atoms with E-state index in [0.717, 1.165) is 17.6 Å². The van der Waals surface area contributed by atoms with Crippen LogP contribution in [-0.2, 0) is 6.54 Å². The molecule has 0 N–H and O–H groups in total. The first-order chi connectivity index (χ1) is 10.2. The van der Waals surface area contributed by atoms with Gasteiger partial charge in [0.15, 0.2) is 0 Å². The first kappa shape index (κ1) is 13.2. The van der Waals surface area contributed by atoms with Gasteiger partial charge < -0.3 is 4.57 Å². The highest BCUT2D eigenvalue weighted by molar-refractivity contribution is 6.42. The summed E-state index contributed by atoms with van der Waals surface area (Å²) in [4.78, 5) is 4.81. The van der Waals surface area contributed by atoms with E-state index in [1.54, 1.807) is 0 Å². The second-order valence-electron chi connectivity index (χ2n) is 5.57. The fraction of sp³-hybridized carbons (Fsp3) is 0.235. The monoisotopic (exact) mass is 316 g/mol. The van der Waals surface area contributed by atoms with Crippen LogP contribution in [0, 0.1) is 0 Å². The van der Waals surface area contributed by atoms with Crippen LogP contribution in [0.25, 0.3) is 11.0 Å². The van der Waals surface area contributed by atoms with Crippen molar-refractivity contribution in [2.24, 2.45) is 0 Å². The van der Waals surface area contributed by atoms with Crippen molar-refractivity contribution in [2.75, 3.05) is 0 Å². The van der Waals surface area contributed by atoms with Gasteiger partial charge in [-0.25, -0.2) is 4.98 Å². The average Bonchev–Trinajstić information content (AvgIpc) is 3.27. The van der Waals surface area contributed by atoms with E-state index in [4.69, 9.17) is 28.2 Å². The number of halogens is 2. The van der Waals surface area contributed by atoms with Gasteiger partial charge in [-0.2, -0.15) is 0 Å². The minimum atomic E-state index is 0.596. The van der Waals surface area contributed by atoms with Crippen LogP contribution in [0.15, 0.2) is 42.5 Å². The Labute approximate surface area is 133 Å². The maximum Gasteiger partial charge on any atom is 0.113 e. The lowest BCUT2D eigenvalue weighted by Crippen LogP contribution is -2.04. The second-order valence-corrected chi connectivity index (χ2v) is 6.38. The summed E-state index contributed by atoms with van der Waals surface area (Å²) in [6.07, 6.45) is 2.48. The topological polar surface area (TPSA) is 17.8 Å². The van der Waals surface area contributed by atoms with Gasteiger partial charge in [0, 0.05) is 12.5 Å². The molecule has 4 rings (SSSR count). The number of rotatable bonds is 3. The molecule has 0 amide bonds. The van der Waals surface area contributed by atoms with Gasteiger partial charge >= 0.3 is 0 Å². The molecule has 21 heavy (non-hydrogen) atoms. The number of nitrogens with zero attached hydrogens (tertiary/aromatic N) is 2. The number of hydrogen-bond acceptors (Lipinski definition) is 1. The molecule has 106 valence electrons. The van der Waals surface area contributed by atoms with Crippen molar-refractivity contribution >= 4 is 34.2 Å². The Morgan fingerprint density at radius 1 is 1.05 bits per heavy atom. The van der Waals surface area contributed by atoms with Crippen molar-refractivity contribution in [1.29, 1.82) is 0 Å². The summed E-state index contributed by atoms with van der Waals surface area (Å²) in [7, 11) is 0. The molecule has 0 radical (unpaired) electrons. The first-order valence-corrected chi connectivity index (χ1v) is 7.87. The molecule has 1 heterocycles. The minimum absolute atomic E-state index is 0.596. The van der Waals surface area contributed by atoms with Gasteiger partial charge in [0.1, 0.15) is 5.82 Å². The molecule has 1 aliphatic rings. The van der Waals surface area contributed by atoms with E-state index < -0.39 is 0 Å². The number of para-hydroxylation sites is 2. The van der Waals surface area contributed by atoms with Crippen LogP contribution in [-0.4, -0.2) is 9.55 Å². The van der Waals surface area contributed by atoms with E-state index in [2.05, 4.69) is 22.8 Å². The van der Waals surface area contributed by atoms with E-state index in [9.17, 15) is 0 Å². The minimum Gasteiger partial charge on any atom is -0.323 e. The average molecular weight is 317 g/mol. The highest BCUT2D eigenvalue weighted by Gasteiger charge is 2.29. The zero-order chi connectivity index (χ0) is 14.4. The SMILES string of the molecule is Clc1ccc(Cn2c(C3CC3)nc3ccccc32)cc1Cl. The molecule has 0 aliphatic heterocycles. The molecule has 0 saturated heterocycles. The van der Waals surface area contributed by atoms with E-state index in [1.165, 1.54) is 24.2 Å². The number of fused-ring (bicyclic) bond motifs is 1. The standard InChI is InChI=1S/C17H14Cl2N2/c18-13-8-5-11(9-14(13)19)10-21-16-4-2-1-3-15(16)20-17(21)12-6-7-12/h1-5,8-9,12H,6-7,10H2. The summed E-state index contributed by atoms with van der Waals surface area (Å²) < 4.78 is 2.31. The lowest BCUT2D eigenvalue weighted by atomic mass is 10.2. The largest absolute Gasteiger partial charge is 0.323 e. The molecular formula is C17H14Cl2N2. The van der Waals surface area contributed by atoms with Crippen LogP contribution >= 0.6 is 23.2 Å². The van der Waals surface area contributed by atoms with Crippen molar-refractivity contribution in [3.63, 3.8) is 0 Å². The summed E-state index contributed by atoms with van der Waals surface area (Å²) in [6, 6.07) is 14.1. The molecule has 2 nitrogen and oxygen atoms in total. The fourth-order valence-corrected chi connectivity index (χ4v) is 3.05. The maximum atomic E-state index is 6.13. The fourth-order valence-electron chi connectivity index (χ4n) is 2.73. The lowest BCUT2D eigenvalue weighted by Gasteiger charge is -2.09. The maximum absolute atomic E-state index is 6.13. The number of benzene rings is 2. The van der Waals surface area contributed by atoms with Gasteiger partial charge in [0.25, 0.3) is 0 Å². The van der Waals surface area contributed by atoms with Crippen molar-refractivity contribution in [3.8, 4) is 0 Å². The van der Waals surface area contributed by atoms with Crippen LogP contribution in [0.2, 0.25) is 10.0 Å². The van der Waals surface area contributed by atoms with E-state index in [0.29, 0.717) is 16.0 Å². The summed E-state index contributed by atoms with van der Waals surface area (Å²) in [6.45, 7) is 0.781. The number of imidazole rings is 1. The predicted molar refractivity (Wildman–Crippen MR) is 87.3 cm³/mol. The highest BCUT2D eigenvalue weighted by atomic mass is 35.5. The van der Waals surface area contributed by atoms with E-state index in [-0.39, 0.29) is 0 Å². The van der Waals surface area contributed by atoms with Gasteiger partial charge in [-0.1, -0.05) is 41.4 Å². The summed E-state index contributed by atoms with van der Waals surface area (Å²) >= 11 is 12.1.